The number of nitrogens with zero attached hydrogens (tertiary/aromatic N) is 7. The van der Waals surface area contributed by atoms with Crippen molar-refractivity contribution in [3.8, 4) is 5.82 Å². The van der Waals surface area contributed by atoms with Crippen molar-refractivity contribution in [2.75, 3.05) is 44.3 Å². The van der Waals surface area contributed by atoms with Crippen molar-refractivity contribution >= 4 is 22.5 Å². The van der Waals surface area contributed by atoms with Crippen LogP contribution in [0.15, 0.2) is 36.4 Å². The first-order chi connectivity index (χ1) is 17.9. The van der Waals surface area contributed by atoms with Gasteiger partial charge in [0.25, 0.3) is 0 Å². The average molecular weight is 504 g/mol. The van der Waals surface area contributed by atoms with Crippen molar-refractivity contribution in [2.45, 2.75) is 52.2 Å². The maximum atomic E-state index is 10.4. The number of morpholine rings is 1. The number of aliphatic hydroxyl groups is 1. The second-order valence-corrected chi connectivity index (χ2v) is 10.9. The van der Waals surface area contributed by atoms with E-state index >= 15 is 0 Å². The topological polar surface area (TPSA) is 84.0 Å². The number of hydrogen-bond donors (Lipinski definition) is 1. The van der Waals surface area contributed by atoms with Gasteiger partial charge in [-0.25, -0.2) is 9.97 Å². The summed E-state index contributed by atoms with van der Waals surface area (Å²) in [7, 11) is 0. The number of piperidine rings is 1. The van der Waals surface area contributed by atoms with E-state index < -0.39 is 5.60 Å². The van der Waals surface area contributed by atoms with Crippen LogP contribution in [0.25, 0.3) is 22.5 Å². The highest BCUT2D eigenvalue weighted by molar-refractivity contribution is 5.78. The molecule has 2 aliphatic rings. The Morgan fingerprint density at radius 2 is 1.78 bits per heavy atom. The van der Waals surface area contributed by atoms with Gasteiger partial charge in [-0.15, -0.1) is 0 Å². The summed E-state index contributed by atoms with van der Waals surface area (Å²) >= 11 is 0. The monoisotopic (exact) mass is 503 g/mol. The Morgan fingerprint density at radius 1 is 1.03 bits per heavy atom. The minimum atomic E-state index is -0.614. The van der Waals surface area contributed by atoms with E-state index in [4.69, 9.17) is 19.8 Å². The fourth-order valence-electron chi connectivity index (χ4n) is 5.80. The van der Waals surface area contributed by atoms with Crippen molar-refractivity contribution in [3.05, 3.63) is 47.9 Å². The molecule has 0 amide bonds. The van der Waals surface area contributed by atoms with Crippen LogP contribution in [0, 0.1) is 5.92 Å². The van der Waals surface area contributed by atoms with E-state index in [2.05, 4.69) is 51.6 Å². The predicted octanol–water partition coefficient (Wildman–Crippen LogP) is 3.45. The van der Waals surface area contributed by atoms with Gasteiger partial charge in [-0.05, 0) is 57.8 Å². The van der Waals surface area contributed by atoms with Crippen LogP contribution < -0.4 is 4.90 Å². The molecule has 3 aromatic heterocycles. The lowest BCUT2D eigenvalue weighted by Crippen LogP contribution is -2.41. The summed E-state index contributed by atoms with van der Waals surface area (Å²) in [5.74, 6) is 3.26. The van der Waals surface area contributed by atoms with E-state index in [-0.39, 0.29) is 0 Å². The molecule has 196 valence electrons. The van der Waals surface area contributed by atoms with Crippen molar-refractivity contribution in [3.63, 3.8) is 0 Å². The number of imidazole rings is 1. The summed E-state index contributed by atoms with van der Waals surface area (Å²) in [6, 6.07) is 12.5. The maximum absolute atomic E-state index is 10.4. The van der Waals surface area contributed by atoms with E-state index in [0.29, 0.717) is 19.1 Å². The van der Waals surface area contributed by atoms with Gasteiger partial charge < -0.3 is 14.7 Å². The summed E-state index contributed by atoms with van der Waals surface area (Å²) in [6.07, 6.45) is 2.83. The van der Waals surface area contributed by atoms with E-state index in [1.165, 1.54) is 0 Å². The maximum Gasteiger partial charge on any atom is 0.160 e. The lowest BCUT2D eigenvalue weighted by molar-refractivity contribution is -0.0137. The smallest absolute Gasteiger partial charge is 0.160 e. The van der Waals surface area contributed by atoms with E-state index in [0.717, 1.165) is 91.8 Å². The first kappa shape index (κ1) is 24.3. The first-order valence-corrected chi connectivity index (χ1v) is 13.5. The highest BCUT2D eigenvalue weighted by atomic mass is 16.5. The second-order valence-electron chi connectivity index (χ2n) is 10.9. The third kappa shape index (κ3) is 4.71. The van der Waals surface area contributed by atoms with Gasteiger partial charge in [-0.3, -0.25) is 9.47 Å². The molecule has 2 saturated heterocycles. The number of likely N-dealkylation sites (tertiary alicyclic amines) is 1. The minimum Gasteiger partial charge on any atom is -0.390 e. The summed E-state index contributed by atoms with van der Waals surface area (Å²) < 4.78 is 9.83. The highest BCUT2D eigenvalue weighted by Crippen LogP contribution is 2.29. The molecule has 0 radical (unpaired) electrons. The molecule has 5 heterocycles. The molecule has 9 heteroatoms. The molecule has 2 aliphatic heterocycles. The van der Waals surface area contributed by atoms with Crippen molar-refractivity contribution in [1.29, 1.82) is 0 Å². The molecule has 0 aliphatic carbocycles. The summed E-state index contributed by atoms with van der Waals surface area (Å²) in [6.45, 7) is 11.8. The highest BCUT2D eigenvalue weighted by Gasteiger charge is 2.31. The zero-order valence-corrected chi connectivity index (χ0v) is 22.1. The van der Waals surface area contributed by atoms with Crippen LogP contribution in [0.4, 0.5) is 5.82 Å². The van der Waals surface area contributed by atoms with E-state index in [1.54, 1.807) is 0 Å². The van der Waals surface area contributed by atoms with Gasteiger partial charge in [0, 0.05) is 38.2 Å². The minimum absolute atomic E-state index is 0.347. The molecule has 0 saturated carbocycles. The molecule has 1 aromatic carbocycles. The second kappa shape index (κ2) is 9.70. The Labute approximate surface area is 217 Å². The standard InChI is InChI=1S/C28H37N7O2/c1-4-24-29-22-7-5-6-8-23(22)34(24)25-18-27(33-13-15-37-16-14-33)35-26(30-25)17-21(31-35)19-32-11-9-20(10-12-32)28(2,3)36/h5-8,17-18,20,36H,4,9-16,19H2,1-3H3. The van der Waals surface area contributed by atoms with E-state index in [9.17, 15) is 5.11 Å². The van der Waals surface area contributed by atoms with Gasteiger partial charge in [0.1, 0.15) is 17.5 Å². The normalized spacial score (nSPS) is 18.3. The number of aromatic nitrogens is 5. The lowest BCUT2D eigenvalue weighted by atomic mass is 9.83. The van der Waals surface area contributed by atoms with Gasteiger partial charge in [0.05, 0.1) is 35.5 Å². The fraction of sp³-hybridized carbons (Fsp3) is 0.536. The van der Waals surface area contributed by atoms with Crippen molar-refractivity contribution in [1.82, 2.24) is 29.0 Å². The van der Waals surface area contributed by atoms with Crippen LogP contribution in [0.5, 0.6) is 0 Å². The molecular formula is C28H37N7O2. The zero-order chi connectivity index (χ0) is 25.6. The van der Waals surface area contributed by atoms with Crippen LogP contribution in [0.3, 0.4) is 0 Å². The van der Waals surface area contributed by atoms with Gasteiger partial charge in [0.2, 0.25) is 0 Å². The number of anilines is 1. The number of para-hydroxylation sites is 2. The quantitative estimate of drug-likeness (QED) is 0.431. The predicted molar refractivity (Wildman–Crippen MR) is 144 cm³/mol. The number of fused-ring (bicyclic) bond motifs is 2. The lowest BCUT2D eigenvalue weighted by Gasteiger charge is -2.37. The van der Waals surface area contributed by atoms with Gasteiger partial charge in [-0.1, -0.05) is 19.1 Å². The SMILES string of the molecule is CCc1nc2ccccc2n1-c1cc(N2CCOCC2)n2nc(CN3CCC(C(C)(C)O)CC3)cc2n1. The molecule has 2 fully saturated rings. The largest absolute Gasteiger partial charge is 0.390 e. The molecular weight excluding hydrogens is 466 g/mol. The molecule has 37 heavy (non-hydrogen) atoms. The first-order valence-electron chi connectivity index (χ1n) is 13.5. The molecule has 6 rings (SSSR count). The summed E-state index contributed by atoms with van der Waals surface area (Å²) in [5.41, 5.74) is 3.31. The molecule has 1 N–H and O–H groups in total. The molecule has 0 unspecified atom stereocenters. The van der Waals surface area contributed by atoms with Gasteiger partial charge >= 0.3 is 0 Å². The third-order valence-corrected chi connectivity index (χ3v) is 7.93. The van der Waals surface area contributed by atoms with Crippen LogP contribution in [-0.2, 0) is 17.7 Å². The Morgan fingerprint density at radius 3 is 2.51 bits per heavy atom. The molecule has 0 bridgehead atoms. The Bertz CT molecular complexity index is 1390. The Balaban J connectivity index is 1.38. The Hall–Kier alpha value is -3.01. The number of aryl methyl sites for hydroxylation is 1. The number of rotatable bonds is 6. The van der Waals surface area contributed by atoms with Gasteiger partial charge in [-0.2, -0.15) is 9.61 Å². The van der Waals surface area contributed by atoms with Crippen LogP contribution in [0.2, 0.25) is 0 Å². The molecule has 4 aromatic rings. The fourth-order valence-corrected chi connectivity index (χ4v) is 5.80. The van der Waals surface area contributed by atoms with Crippen molar-refractivity contribution < 1.29 is 9.84 Å². The zero-order valence-electron chi connectivity index (χ0n) is 22.1. The van der Waals surface area contributed by atoms with E-state index in [1.807, 2.05) is 24.4 Å². The van der Waals surface area contributed by atoms with Crippen LogP contribution in [0.1, 0.15) is 45.1 Å². The van der Waals surface area contributed by atoms with Crippen LogP contribution in [-0.4, -0.2) is 79.1 Å². The summed E-state index contributed by atoms with van der Waals surface area (Å²) in [5, 5.41) is 15.4. The van der Waals surface area contributed by atoms with Gasteiger partial charge in [0.15, 0.2) is 5.65 Å². The average Bonchev–Trinajstić information content (AvgIpc) is 3.49. The molecule has 0 spiro atoms. The third-order valence-electron chi connectivity index (χ3n) is 7.93. The van der Waals surface area contributed by atoms with Crippen molar-refractivity contribution in [2.24, 2.45) is 5.92 Å². The molecule has 9 nitrogen and oxygen atoms in total. The number of benzene rings is 1. The summed E-state index contributed by atoms with van der Waals surface area (Å²) in [4.78, 5) is 14.8. The number of hydrogen-bond acceptors (Lipinski definition) is 7. The molecule has 0 atom stereocenters. The Kier molecular flexibility index (Phi) is 6.38. The number of ether oxygens (including phenoxy) is 1. The van der Waals surface area contributed by atoms with Crippen LogP contribution >= 0.6 is 0 Å².